The molecule has 0 atom stereocenters. The summed E-state index contributed by atoms with van der Waals surface area (Å²) in [6.45, 7) is 5.71. The van der Waals surface area contributed by atoms with E-state index in [0.717, 1.165) is 17.9 Å². The lowest BCUT2D eigenvalue weighted by molar-refractivity contribution is 0.305. The molecule has 20 heavy (non-hydrogen) atoms. The smallest absolute Gasteiger partial charge is 0.127 e. The van der Waals surface area contributed by atoms with Crippen molar-refractivity contribution in [1.29, 1.82) is 0 Å². The molecule has 0 fully saturated rings. The Morgan fingerprint density at radius 3 is 2.85 bits per heavy atom. The first-order chi connectivity index (χ1) is 9.74. The average Bonchev–Trinajstić information content (AvgIpc) is 2.79. The summed E-state index contributed by atoms with van der Waals surface area (Å²) in [6, 6.07) is 10.4. The van der Waals surface area contributed by atoms with Crippen molar-refractivity contribution in [2.24, 2.45) is 0 Å². The van der Waals surface area contributed by atoms with Gasteiger partial charge >= 0.3 is 0 Å². The summed E-state index contributed by atoms with van der Waals surface area (Å²) in [5.41, 5.74) is 2.40. The standard InChI is InChI=1S/C17H21NOS/c1-4-7-14-8-5-6-9-17(14)19-12-15-10-16(11-18-3)20-13(15)2/h4-10,18H,11-12H2,1-3H3/b7-4+. The minimum Gasteiger partial charge on any atom is -0.488 e. The molecular formula is C17H21NOS. The fraction of sp³-hybridized carbons (Fsp3) is 0.294. The number of para-hydroxylation sites is 1. The predicted molar refractivity (Wildman–Crippen MR) is 87.3 cm³/mol. The lowest BCUT2D eigenvalue weighted by atomic mass is 10.2. The van der Waals surface area contributed by atoms with Crippen LogP contribution < -0.4 is 10.1 Å². The maximum atomic E-state index is 5.98. The van der Waals surface area contributed by atoms with Gasteiger partial charge < -0.3 is 10.1 Å². The van der Waals surface area contributed by atoms with Crippen molar-refractivity contribution in [2.45, 2.75) is 27.0 Å². The molecule has 2 aromatic rings. The minimum absolute atomic E-state index is 0.626. The molecule has 0 unspecified atom stereocenters. The Morgan fingerprint density at radius 1 is 1.30 bits per heavy atom. The number of hydrogen-bond donors (Lipinski definition) is 1. The van der Waals surface area contributed by atoms with Crippen molar-refractivity contribution in [1.82, 2.24) is 5.32 Å². The van der Waals surface area contributed by atoms with Gasteiger partial charge in [-0.05, 0) is 33.0 Å². The van der Waals surface area contributed by atoms with Crippen LogP contribution in [0.3, 0.4) is 0 Å². The molecule has 0 amide bonds. The highest BCUT2D eigenvalue weighted by Crippen LogP contribution is 2.25. The molecule has 1 aromatic heterocycles. The average molecular weight is 287 g/mol. The number of rotatable bonds is 6. The van der Waals surface area contributed by atoms with E-state index in [1.165, 1.54) is 15.3 Å². The fourth-order valence-corrected chi connectivity index (χ4v) is 3.14. The van der Waals surface area contributed by atoms with Crippen molar-refractivity contribution in [3.8, 4) is 5.75 Å². The topological polar surface area (TPSA) is 21.3 Å². The van der Waals surface area contributed by atoms with Crippen molar-refractivity contribution in [3.63, 3.8) is 0 Å². The fourth-order valence-electron chi connectivity index (χ4n) is 2.08. The molecular weight excluding hydrogens is 266 g/mol. The molecule has 3 heteroatoms. The molecule has 1 N–H and O–H groups in total. The van der Waals surface area contributed by atoms with E-state index in [1.54, 1.807) is 0 Å². The first-order valence-electron chi connectivity index (χ1n) is 6.82. The molecule has 0 radical (unpaired) electrons. The van der Waals surface area contributed by atoms with Gasteiger partial charge in [-0.3, -0.25) is 0 Å². The van der Waals surface area contributed by atoms with Gasteiger partial charge in [0.15, 0.2) is 0 Å². The second-order valence-corrected chi connectivity index (χ2v) is 5.99. The van der Waals surface area contributed by atoms with Crippen LogP contribution in [0.4, 0.5) is 0 Å². The predicted octanol–water partition coefficient (Wildman–Crippen LogP) is 4.39. The van der Waals surface area contributed by atoms with Crippen molar-refractivity contribution in [3.05, 3.63) is 57.3 Å². The zero-order valence-electron chi connectivity index (χ0n) is 12.3. The maximum Gasteiger partial charge on any atom is 0.127 e. The van der Waals surface area contributed by atoms with Crippen LogP contribution in [-0.4, -0.2) is 7.05 Å². The van der Waals surface area contributed by atoms with Crippen molar-refractivity contribution in [2.75, 3.05) is 7.05 Å². The van der Waals surface area contributed by atoms with Gasteiger partial charge in [0.2, 0.25) is 0 Å². The van der Waals surface area contributed by atoms with E-state index in [-0.39, 0.29) is 0 Å². The SMILES string of the molecule is C/C=C/c1ccccc1OCc1cc(CNC)sc1C. The van der Waals surface area contributed by atoms with Crippen LogP contribution in [0, 0.1) is 6.92 Å². The Morgan fingerprint density at radius 2 is 2.10 bits per heavy atom. The van der Waals surface area contributed by atoms with E-state index in [1.807, 2.05) is 49.6 Å². The molecule has 2 rings (SSSR count). The van der Waals surface area contributed by atoms with E-state index in [0.29, 0.717) is 6.61 Å². The molecule has 0 bridgehead atoms. The van der Waals surface area contributed by atoms with Gasteiger partial charge in [-0.25, -0.2) is 0 Å². The van der Waals surface area contributed by atoms with Crippen LogP contribution >= 0.6 is 11.3 Å². The van der Waals surface area contributed by atoms with Crippen LogP contribution in [-0.2, 0) is 13.2 Å². The van der Waals surface area contributed by atoms with Crippen molar-refractivity contribution >= 4 is 17.4 Å². The molecule has 0 aliphatic carbocycles. The van der Waals surface area contributed by atoms with Gasteiger partial charge in [-0.1, -0.05) is 30.4 Å². The largest absolute Gasteiger partial charge is 0.488 e. The van der Waals surface area contributed by atoms with E-state index < -0.39 is 0 Å². The van der Waals surface area contributed by atoms with E-state index >= 15 is 0 Å². The Balaban J connectivity index is 2.09. The van der Waals surface area contributed by atoms with Gasteiger partial charge in [-0.15, -0.1) is 11.3 Å². The number of hydrogen-bond acceptors (Lipinski definition) is 3. The normalized spacial score (nSPS) is 11.2. The van der Waals surface area contributed by atoms with E-state index in [2.05, 4.69) is 30.4 Å². The van der Waals surface area contributed by atoms with Crippen LogP contribution in [0.5, 0.6) is 5.75 Å². The summed E-state index contributed by atoms with van der Waals surface area (Å²) in [5.74, 6) is 0.936. The lowest BCUT2D eigenvalue weighted by Crippen LogP contribution is -2.03. The second kappa shape index (κ2) is 7.27. The molecule has 0 aliphatic heterocycles. The molecule has 0 spiro atoms. The quantitative estimate of drug-likeness (QED) is 0.851. The highest BCUT2D eigenvalue weighted by atomic mass is 32.1. The first kappa shape index (κ1) is 14.8. The van der Waals surface area contributed by atoms with Crippen LogP contribution in [0.1, 0.15) is 27.8 Å². The number of benzene rings is 1. The highest BCUT2D eigenvalue weighted by Gasteiger charge is 2.07. The molecule has 0 saturated heterocycles. The summed E-state index contributed by atoms with van der Waals surface area (Å²) in [6.07, 6.45) is 4.10. The van der Waals surface area contributed by atoms with Crippen LogP contribution in [0.15, 0.2) is 36.4 Å². The van der Waals surface area contributed by atoms with Gasteiger partial charge in [-0.2, -0.15) is 0 Å². The molecule has 0 saturated carbocycles. The Bertz CT molecular complexity index is 586. The molecule has 1 heterocycles. The zero-order valence-corrected chi connectivity index (χ0v) is 13.1. The lowest BCUT2D eigenvalue weighted by Gasteiger charge is -2.08. The summed E-state index contributed by atoms with van der Waals surface area (Å²) >= 11 is 1.83. The summed E-state index contributed by atoms with van der Waals surface area (Å²) < 4.78 is 5.98. The summed E-state index contributed by atoms with van der Waals surface area (Å²) in [5, 5.41) is 3.18. The van der Waals surface area contributed by atoms with Gasteiger partial charge in [0.25, 0.3) is 0 Å². The number of allylic oxidation sites excluding steroid dienone is 1. The van der Waals surface area contributed by atoms with Gasteiger partial charge in [0.1, 0.15) is 12.4 Å². The van der Waals surface area contributed by atoms with Crippen molar-refractivity contribution < 1.29 is 4.74 Å². The van der Waals surface area contributed by atoms with Crippen LogP contribution in [0.25, 0.3) is 6.08 Å². The summed E-state index contributed by atoms with van der Waals surface area (Å²) in [7, 11) is 1.97. The Labute approximate surface area is 125 Å². The Kier molecular flexibility index (Phi) is 5.39. The minimum atomic E-state index is 0.626. The Hall–Kier alpha value is -1.58. The van der Waals surface area contributed by atoms with Crippen LogP contribution in [0.2, 0.25) is 0 Å². The molecule has 2 nitrogen and oxygen atoms in total. The third kappa shape index (κ3) is 3.71. The third-order valence-electron chi connectivity index (χ3n) is 3.07. The van der Waals surface area contributed by atoms with E-state index in [9.17, 15) is 0 Å². The monoisotopic (exact) mass is 287 g/mol. The first-order valence-corrected chi connectivity index (χ1v) is 7.63. The second-order valence-electron chi connectivity index (χ2n) is 4.65. The van der Waals surface area contributed by atoms with Gasteiger partial charge in [0.05, 0.1) is 0 Å². The third-order valence-corrected chi connectivity index (χ3v) is 4.16. The molecule has 1 aromatic carbocycles. The van der Waals surface area contributed by atoms with E-state index in [4.69, 9.17) is 4.74 Å². The zero-order chi connectivity index (χ0) is 14.4. The maximum absolute atomic E-state index is 5.98. The molecule has 106 valence electrons. The number of aryl methyl sites for hydroxylation is 1. The summed E-state index contributed by atoms with van der Waals surface area (Å²) in [4.78, 5) is 2.68. The highest BCUT2D eigenvalue weighted by molar-refractivity contribution is 7.12. The number of nitrogens with one attached hydrogen (secondary N) is 1. The number of ether oxygens (including phenoxy) is 1. The molecule has 0 aliphatic rings. The number of thiophene rings is 1. The van der Waals surface area contributed by atoms with Gasteiger partial charge in [0, 0.05) is 27.4 Å².